The molecule has 2 aromatic rings. The number of halogens is 10. The number of nitrogens with zero attached hydrogens (tertiary/aromatic N) is 2. The Balaban J connectivity index is 0. The molecule has 0 saturated carbocycles. The smallest absolute Gasteiger partial charge is 0.200 e. The molecular formula is C20H16F10N2. The van der Waals surface area contributed by atoms with Crippen molar-refractivity contribution in [2.75, 3.05) is 0 Å². The summed E-state index contributed by atoms with van der Waals surface area (Å²) in [4.78, 5) is 0. The van der Waals surface area contributed by atoms with Crippen LogP contribution in [0.3, 0.4) is 0 Å². The van der Waals surface area contributed by atoms with Crippen LogP contribution in [0.1, 0.15) is 38.8 Å². The van der Waals surface area contributed by atoms with E-state index in [0.29, 0.717) is 0 Å². The molecule has 0 heterocycles. The lowest BCUT2D eigenvalue weighted by molar-refractivity contribution is 0.372. The predicted octanol–water partition coefficient (Wildman–Crippen LogP) is 6.95. The Hall–Kier alpha value is -3.28. The third-order valence-electron chi connectivity index (χ3n) is 3.11. The summed E-state index contributed by atoms with van der Waals surface area (Å²) >= 11 is 0. The Labute approximate surface area is 177 Å². The van der Waals surface area contributed by atoms with Gasteiger partial charge >= 0.3 is 0 Å². The quantitative estimate of drug-likeness (QED) is 0.269. The van der Waals surface area contributed by atoms with Crippen LogP contribution in [0.5, 0.6) is 0 Å². The minimum Gasteiger partial charge on any atom is -0.203 e. The van der Waals surface area contributed by atoms with E-state index in [4.69, 9.17) is 10.5 Å². The van der Waals surface area contributed by atoms with Crippen molar-refractivity contribution < 1.29 is 43.9 Å². The van der Waals surface area contributed by atoms with Crippen molar-refractivity contribution in [2.24, 2.45) is 0 Å². The van der Waals surface area contributed by atoms with Crippen LogP contribution in [0, 0.1) is 80.8 Å². The molecule has 0 aromatic heterocycles. The van der Waals surface area contributed by atoms with E-state index >= 15 is 0 Å². The Morgan fingerprint density at radius 2 is 0.562 bits per heavy atom. The molecular weight excluding hydrogens is 458 g/mol. The fraction of sp³-hybridized carbons (Fsp3) is 0.300. The maximum Gasteiger partial charge on any atom is 0.200 e. The molecule has 2 nitrogen and oxygen atoms in total. The van der Waals surface area contributed by atoms with Gasteiger partial charge in [-0.1, -0.05) is 27.7 Å². The summed E-state index contributed by atoms with van der Waals surface area (Å²) in [7, 11) is 0. The summed E-state index contributed by atoms with van der Waals surface area (Å²) in [6, 6.07) is 2.61. The molecule has 0 spiro atoms. The van der Waals surface area contributed by atoms with Crippen molar-refractivity contribution in [3.8, 4) is 12.1 Å². The number of nitriles is 2. The second-order valence-electron chi connectivity index (χ2n) is 4.77. The first-order chi connectivity index (χ1) is 15.0. The average Bonchev–Trinajstić information content (AvgIpc) is 2.82. The van der Waals surface area contributed by atoms with Gasteiger partial charge < -0.3 is 0 Å². The highest BCUT2D eigenvalue weighted by molar-refractivity contribution is 5.27. The molecule has 0 saturated heterocycles. The topological polar surface area (TPSA) is 47.6 Å². The molecule has 0 fully saturated rings. The van der Waals surface area contributed by atoms with Crippen LogP contribution in [0.25, 0.3) is 0 Å². The van der Waals surface area contributed by atoms with Gasteiger partial charge in [-0.25, -0.2) is 43.9 Å². The molecule has 2 aromatic carbocycles. The summed E-state index contributed by atoms with van der Waals surface area (Å²) in [5.41, 5.74) is -2.22. The molecule has 32 heavy (non-hydrogen) atoms. The van der Waals surface area contributed by atoms with E-state index in [-0.39, 0.29) is 0 Å². The molecule has 0 atom stereocenters. The van der Waals surface area contributed by atoms with E-state index in [1.165, 1.54) is 12.1 Å². The second-order valence-corrected chi connectivity index (χ2v) is 4.77. The third kappa shape index (κ3) is 6.87. The Morgan fingerprint density at radius 3 is 0.719 bits per heavy atom. The summed E-state index contributed by atoms with van der Waals surface area (Å²) in [6.45, 7) is 8.00. The van der Waals surface area contributed by atoms with E-state index < -0.39 is 82.1 Å². The van der Waals surface area contributed by atoms with Crippen LogP contribution >= 0.6 is 0 Å². The molecule has 0 bridgehead atoms. The Kier molecular flexibility index (Phi) is 14.2. The van der Waals surface area contributed by atoms with Crippen molar-refractivity contribution in [3.63, 3.8) is 0 Å². The summed E-state index contributed by atoms with van der Waals surface area (Å²) in [5.74, 6) is -20.4. The van der Waals surface area contributed by atoms with Gasteiger partial charge in [-0.3, -0.25) is 0 Å². The van der Waals surface area contributed by atoms with Gasteiger partial charge in [-0.2, -0.15) is 10.5 Å². The van der Waals surface area contributed by atoms with Crippen molar-refractivity contribution in [1.29, 1.82) is 10.5 Å². The SMILES string of the molecule is CC.CC.N#CCc1c(F)c(F)c(F)c(F)c1F.N#CCc1c(F)c(F)c(F)c(F)c1F. The minimum atomic E-state index is -2.22. The molecule has 0 amide bonds. The highest BCUT2D eigenvalue weighted by Crippen LogP contribution is 2.24. The molecule has 12 heteroatoms. The van der Waals surface area contributed by atoms with E-state index in [0.717, 1.165) is 0 Å². The van der Waals surface area contributed by atoms with Crippen LogP contribution < -0.4 is 0 Å². The van der Waals surface area contributed by atoms with E-state index in [2.05, 4.69) is 0 Å². The Morgan fingerprint density at radius 1 is 0.406 bits per heavy atom. The fourth-order valence-corrected chi connectivity index (χ4v) is 1.77. The van der Waals surface area contributed by atoms with Crippen LogP contribution in [0.15, 0.2) is 0 Å². The number of hydrogen-bond donors (Lipinski definition) is 0. The van der Waals surface area contributed by atoms with Gasteiger partial charge in [0.2, 0.25) is 11.6 Å². The van der Waals surface area contributed by atoms with Crippen molar-refractivity contribution in [1.82, 2.24) is 0 Å². The van der Waals surface area contributed by atoms with Crippen molar-refractivity contribution in [2.45, 2.75) is 40.5 Å². The van der Waals surface area contributed by atoms with Crippen molar-refractivity contribution in [3.05, 3.63) is 69.3 Å². The molecule has 2 rings (SSSR count). The summed E-state index contributed by atoms with van der Waals surface area (Å²) in [5, 5.41) is 16.2. The van der Waals surface area contributed by atoms with Crippen LogP contribution in [0.4, 0.5) is 43.9 Å². The first-order valence-corrected chi connectivity index (χ1v) is 8.75. The zero-order valence-corrected chi connectivity index (χ0v) is 17.1. The van der Waals surface area contributed by atoms with E-state index in [1.54, 1.807) is 0 Å². The maximum absolute atomic E-state index is 12.7. The fourth-order valence-electron chi connectivity index (χ4n) is 1.77. The van der Waals surface area contributed by atoms with E-state index in [9.17, 15) is 43.9 Å². The zero-order chi connectivity index (χ0) is 25.8. The summed E-state index contributed by atoms with van der Waals surface area (Å²) in [6.07, 6.45) is -1.74. The lowest BCUT2D eigenvalue weighted by Crippen LogP contribution is -2.06. The van der Waals surface area contributed by atoms with Gasteiger partial charge in [0.1, 0.15) is 0 Å². The number of hydrogen-bond acceptors (Lipinski definition) is 2. The first kappa shape index (κ1) is 30.9. The molecule has 0 aliphatic rings. The van der Waals surface area contributed by atoms with Gasteiger partial charge in [0, 0.05) is 11.1 Å². The monoisotopic (exact) mass is 474 g/mol. The van der Waals surface area contributed by atoms with Gasteiger partial charge in [-0.05, 0) is 0 Å². The highest BCUT2D eigenvalue weighted by Gasteiger charge is 2.26. The van der Waals surface area contributed by atoms with Crippen LogP contribution in [0.2, 0.25) is 0 Å². The van der Waals surface area contributed by atoms with Crippen molar-refractivity contribution >= 4 is 0 Å². The van der Waals surface area contributed by atoms with Crippen LogP contribution in [-0.4, -0.2) is 0 Å². The third-order valence-corrected chi connectivity index (χ3v) is 3.11. The molecule has 0 radical (unpaired) electrons. The number of benzene rings is 2. The van der Waals surface area contributed by atoms with Gasteiger partial charge in [0.15, 0.2) is 46.5 Å². The minimum absolute atomic E-state index is 0.869. The molecule has 176 valence electrons. The lowest BCUT2D eigenvalue weighted by atomic mass is 10.1. The molecule has 0 unspecified atom stereocenters. The largest absolute Gasteiger partial charge is 0.203 e. The lowest BCUT2D eigenvalue weighted by Gasteiger charge is -2.04. The zero-order valence-electron chi connectivity index (χ0n) is 17.1. The normalized spacial score (nSPS) is 9.12. The molecule has 0 aliphatic heterocycles. The molecule has 0 aliphatic carbocycles. The number of rotatable bonds is 2. The summed E-state index contributed by atoms with van der Waals surface area (Å²) < 4.78 is 126. The molecule has 0 N–H and O–H groups in total. The van der Waals surface area contributed by atoms with E-state index in [1.807, 2.05) is 27.7 Å². The van der Waals surface area contributed by atoms with Gasteiger partial charge in [-0.15, -0.1) is 0 Å². The average molecular weight is 474 g/mol. The second kappa shape index (κ2) is 14.7. The predicted molar refractivity (Wildman–Crippen MR) is 93.8 cm³/mol. The first-order valence-electron chi connectivity index (χ1n) is 8.75. The van der Waals surface area contributed by atoms with Gasteiger partial charge in [0.05, 0.1) is 25.0 Å². The Bertz CT molecular complexity index is 868. The highest BCUT2D eigenvalue weighted by atomic mass is 19.2. The van der Waals surface area contributed by atoms with Crippen LogP contribution in [-0.2, 0) is 12.8 Å². The standard InChI is InChI=1S/2C8H2F5N.2C2H6/c2*9-4-3(1-2-14)5(10)7(12)8(13)6(4)11;2*1-2/h2*1H2;2*1-2H3. The maximum atomic E-state index is 12.7. The van der Waals surface area contributed by atoms with Gasteiger partial charge in [0.25, 0.3) is 0 Å².